The van der Waals surface area contributed by atoms with Gasteiger partial charge in [0.1, 0.15) is 16.2 Å². The van der Waals surface area contributed by atoms with Gasteiger partial charge in [0.2, 0.25) is 0 Å². The summed E-state index contributed by atoms with van der Waals surface area (Å²) in [5.74, 6) is 0. The number of hydrogen-bond donors (Lipinski definition) is 1. The van der Waals surface area contributed by atoms with Gasteiger partial charge in [-0.2, -0.15) is 10.4 Å². The molecule has 0 aliphatic carbocycles. The average Bonchev–Trinajstić information content (AvgIpc) is 2.48. The van der Waals surface area contributed by atoms with Gasteiger partial charge in [0.25, 0.3) is 0 Å². The maximum absolute atomic E-state index is 8.69. The Morgan fingerprint density at radius 2 is 2.33 bits per heavy atom. The van der Waals surface area contributed by atoms with Gasteiger partial charge in [-0.15, -0.1) is 0 Å². The molecule has 2 aromatic rings. The lowest BCUT2D eigenvalue weighted by atomic mass is 10.2. The van der Waals surface area contributed by atoms with E-state index >= 15 is 0 Å². The Bertz CT molecular complexity index is 468. The van der Waals surface area contributed by atoms with E-state index in [4.69, 9.17) is 5.26 Å². The van der Waals surface area contributed by atoms with Gasteiger partial charge in [-0.1, -0.05) is 0 Å². The van der Waals surface area contributed by atoms with Crippen molar-refractivity contribution in [3.05, 3.63) is 22.6 Å². The van der Waals surface area contributed by atoms with Crippen LogP contribution < -0.4 is 0 Å². The highest BCUT2D eigenvalue weighted by Gasteiger charge is 2.06. The third kappa shape index (κ3) is 0.889. The summed E-state index contributed by atoms with van der Waals surface area (Å²) >= 11 is 3.26. The van der Waals surface area contributed by atoms with Crippen LogP contribution in [-0.4, -0.2) is 15.2 Å². The van der Waals surface area contributed by atoms with Gasteiger partial charge in [0.05, 0.1) is 10.9 Å². The fourth-order valence-corrected chi connectivity index (χ4v) is 1.36. The molecule has 0 radical (unpaired) electrons. The topological polar surface area (TPSA) is 65.4 Å². The number of pyridine rings is 1. The van der Waals surface area contributed by atoms with E-state index in [9.17, 15) is 0 Å². The maximum atomic E-state index is 8.69. The first-order chi connectivity index (χ1) is 5.83. The van der Waals surface area contributed by atoms with Crippen LogP contribution in [0.4, 0.5) is 0 Å². The monoisotopic (exact) mass is 222 g/mol. The number of fused-ring (bicyclic) bond motifs is 1. The van der Waals surface area contributed by atoms with Crippen LogP contribution in [0.5, 0.6) is 0 Å². The summed E-state index contributed by atoms with van der Waals surface area (Å²) in [6, 6.07) is 2.02. The molecule has 0 atom stereocenters. The summed E-state index contributed by atoms with van der Waals surface area (Å²) in [6.07, 6.45) is 3.15. The zero-order chi connectivity index (χ0) is 8.55. The van der Waals surface area contributed by atoms with E-state index in [0.717, 1.165) is 9.99 Å². The van der Waals surface area contributed by atoms with E-state index in [-0.39, 0.29) is 0 Å². The summed E-state index contributed by atoms with van der Waals surface area (Å²) in [5, 5.41) is 16.2. The Morgan fingerprint density at radius 1 is 1.50 bits per heavy atom. The van der Waals surface area contributed by atoms with Gasteiger partial charge in [0, 0.05) is 12.4 Å². The van der Waals surface area contributed by atoms with E-state index in [1.165, 1.54) is 6.20 Å². The Morgan fingerprint density at radius 3 is 3.08 bits per heavy atom. The molecule has 58 valence electrons. The maximum Gasteiger partial charge on any atom is 0.114 e. The molecule has 0 bridgehead atoms. The smallest absolute Gasteiger partial charge is 0.114 e. The number of nitrogens with zero attached hydrogens (tertiary/aromatic N) is 3. The third-order valence-corrected chi connectivity index (χ3v) is 2.14. The van der Waals surface area contributed by atoms with Crippen molar-refractivity contribution in [3.8, 4) is 6.07 Å². The Labute approximate surface area is 76.4 Å². The highest BCUT2D eigenvalue weighted by molar-refractivity contribution is 9.10. The van der Waals surface area contributed by atoms with Gasteiger partial charge in [0.15, 0.2) is 0 Å². The largest absolute Gasteiger partial charge is 0.270 e. The van der Waals surface area contributed by atoms with Crippen LogP contribution in [0, 0.1) is 11.3 Å². The Balaban J connectivity index is 2.92. The lowest BCUT2D eigenvalue weighted by Crippen LogP contribution is -1.79. The number of aromatic nitrogens is 3. The van der Waals surface area contributed by atoms with Crippen LogP contribution in [0.15, 0.2) is 17.0 Å². The standard InChI is InChI=1S/C7H3BrN4/c8-7-5-3-10-2-4(1-9)6(5)11-12-7/h2-3H,(H,11,12). The second-order valence-corrected chi connectivity index (χ2v) is 3.03. The first kappa shape index (κ1) is 7.25. The molecule has 0 fully saturated rings. The summed E-state index contributed by atoms with van der Waals surface area (Å²) in [6.45, 7) is 0. The van der Waals surface area contributed by atoms with Crippen LogP contribution >= 0.6 is 15.9 Å². The normalized spacial score (nSPS) is 10.0. The molecule has 2 heterocycles. The summed E-state index contributed by atoms with van der Waals surface area (Å²) in [5.41, 5.74) is 1.13. The molecular formula is C7H3BrN4. The zero-order valence-electron chi connectivity index (χ0n) is 5.87. The number of aromatic amines is 1. The first-order valence-electron chi connectivity index (χ1n) is 3.20. The summed E-state index contributed by atoms with van der Waals surface area (Å²) in [4.78, 5) is 3.90. The molecule has 0 saturated heterocycles. The summed E-state index contributed by atoms with van der Waals surface area (Å²) in [7, 11) is 0. The number of nitrogens with one attached hydrogen (secondary N) is 1. The van der Waals surface area contributed by atoms with Crippen molar-refractivity contribution in [1.82, 2.24) is 15.2 Å². The molecule has 0 saturated carbocycles. The van der Waals surface area contributed by atoms with Crippen LogP contribution in [0.2, 0.25) is 0 Å². The van der Waals surface area contributed by atoms with Crippen molar-refractivity contribution in [1.29, 1.82) is 5.26 Å². The molecule has 0 amide bonds. The molecule has 0 spiro atoms. The minimum atomic E-state index is 0.481. The molecule has 4 nitrogen and oxygen atoms in total. The highest BCUT2D eigenvalue weighted by Crippen LogP contribution is 2.21. The van der Waals surface area contributed by atoms with E-state index in [2.05, 4.69) is 31.1 Å². The first-order valence-corrected chi connectivity index (χ1v) is 4.00. The van der Waals surface area contributed by atoms with Gasteiger partial charge in [-0.3, -0.25) is 10.1 Å². The second-order valence-electron chi connectivity index (χ2n) is 2.23. The number of hydrogen-bond acceptors (Lipinski definition) is 3. The van der Waals surface area contributed by atoms with Crippen molar-refractivity contribution < 1.29 is 0 Å². The van der Waals surface area contributed by atoms with Crippen molar-refractivity contribution in [2.75, 3.05) is 0 Å². The third-order valence-electron chi connectivity index (χ3n) is 1.54. The zero-order valence-corrected chi connectivity index (χ0v) is 7.46. The van der Waals surface area contributed by atoms with Gasteiger partial charge in [-0.25, -0.2) is 0 Å². The molecule has 0 aliphatic rings. The Kier molecular flexibility index (Phi) is 1.55. The fraction of sp³-hybridized carbons (Fsp3) is 0. The molecule has 0 unspecified atom stereocenters. The quantitative estimate of drug-likeness (QED) is 0.737. The lowest BCUT2D eigenvalue weighted by Gasteiger charge is -1.88. The minimum absolute atomic E-state index is 0.481. The minimum Gasteiger partial charge on any atom is -0.270 e. The van der Waals surface area contributed by atoms with Crippen LogP contribution in [0.1, 0.15) is 5.56 Å². The Hall–Kier alpha value is -1.41. The van der Waals surface area contributed by atoms with Crippen LogP contribution in [-0.2, 0) is 0 Å². The van der Waals surface area contributed by atoms with Gasteiger partial charge < -0.3 is 0 Å². The molecule has 12 heavy (non-hydrogen) atoms. The number of rotatable bonds is 0. The molecule has 0 aliphatic heterocycles. The van der Waals surface area contributed by atoms with E-state index in [1.54, 1.807) is 6.20 Å². The fourth-order valence-electron chi connectivity index (χ4n) is 0.982. The van der Waals surface area contributed by atoms with E-state index in [0.29, 0.717) is 11.1 Å². The van der Waals surface area contributed by atoms with E-state index in [1.807, 2.05) is 6.07 Å². The molecule has 5 heteroatoms. The predicted octanol–water partition coefficient (Wildman–Crippen LogP) is 1.59. The SMILES string of the molecule is N#Cc1cncc2c(Br)[nH]nc12. The number of H-pyrrole nitrogens is 1. The van der Waals surface area contributed by atoms with Crippen molar-refractivity contribution >= 4 is 26.8 Å². The van der Waals surface area contributed by atoms with Crippen LogP contribution in [0.25, 0.3) is 10.9 Å². The number of nitriles is 1. The second kappa shape index (κ2) is 2.57. The molecule has 0 aromatic carbocycles. The summed E-state index contributed by atoms with van der Waals surface area (Å²) < 4.78 is 0.752. The molecule has 2 rings (SSSR count). The predicted molar refractivity (Wildman–Crippen MR) is 46.3 cm³/mol. The average molecular weight is 223 g/mol. The van der Waals surface area contributed by atoms with Crippen molar-refractivity contribution in [2.24, 2.45) is 0 Å². The van der Waals surface area contributed by atoms with Gasteiger partial charge >= 0.3 is 0 Å². The number of halogens is 1. The molecular weight excluding hydrogens is 220 g/mol. The molecule has 1 N–H and O–H groups in total. The lowest BCUT2D eigenvalue weighted by molar-refractivity contribution is 1.09. The van der Waals surface area contributed by atoms with E-state index < -0.39 is 0 Å². The van der Waals surface area contributed by atoms with Crippen LogP contribution in [0.3, 0.4) is 0 Å². The highest BCUT2D eigenvalue weighted by atomic mass is 79.9. The molecule has 2 aromatic heterocycles. The van der Waals surface area contributed by atoms with Crippen molar-refractivity contribution in [3.63, 3.8) is 0 Å². The van der Waals surface area contributed by atoms with Gasteiger partial charge in [-0.05, 0) is 15.9 Å². The van der Waals surface area contributed by atoms with Crippen molar-refractivity contribution in [2.45, 2.75) is 0 Å².